The van der Waals surface area contributed by atoms with Crippen molar-refractivity contribution in [1.29, 1.82) is 0 Å². The molecule has 26 heavy (non-hydrogen) atoms. The van der Waals surface area contributed by atoms with Crippen molar-refractivity contribution in [1.82, 2.24) is 0 Å². The molecule has 4 heteroatoms. The van der Waals surface area contributed by atoms with E-state index in [0.29, 0.717) is 28.0 Å². The van der Waals surface area contributed by atoms with Crippen LogP contribution in [-0.2, 0) is 0 Å². The van der Waals surface area contributed by atoms with Crippen LogP contribution in [0.4, 0.5) is 0 Å². The lowest BCUT2D eigenvalue weighted by Crippen LogP contribution is -2.05. The molecule has 0 aliphatic carbocycles. The molecule has 0 spiro atoms. The summed E-state index contributed by atoms with van der Waals surface area (Å²) in [6, 6.07) is 17.1. The number of rotatable bonds is 1. The highest BCUT2D eigenvalue weighted by molar-refractivity contribution is 6.06. The van der Waals surface area contributed by atoms with Gasteiger partial charge in [-0.2, -0.15) is 0 Å². The Labute approximate surface area is 150 Å². The van der Waals surface area contributed by atoms with E-state index >= 15 is 0 Å². The van der Waals surface area contributed by atoms with Gasteiger partial charge < -0.3 is 13.9 Å². The summed E-state index contributed by atoms with van der Waals surface area (Å²) in [5, 5.41) is 2.51. The summed E-state index contributed by atoms with van der Waals surface area (Å²) in [7, 11) is 0. The molecule has 0 saturated carbocycles. The molecule has 0 radical (unpaired) electrons. The molecule has 0 N–H and O–H groups in total. The summed E-state index contributed by atoms with van der Waals surface area (Å²) in [5.41, 5.74) is 1.80. The first kappa shape index (κ1) is 16.2. The van der Waals surface area contributed by atoms with Gasteiger partial charge in [0.25, 0.3) is 0 Å². The highest BCUT2D eigenvalue weighted by atomic mass is 16.7. The molecule has 2 heterocycles. The lowest BCUT2D eigenvalue weighted by Gasteiger charge is -2.06. The molecule has 0 amide bonds. The SMILES string of the molecule is CC.O=c1c(-c2ccc3c(c2)OCO3)coc2ccc3ccccc3c12. The smallest absolute Gasteiger partial charge is 0.231 e. The van der Waals surface area contributed by atoms with Crippen LogP contribution in [0.2, 0.25) is 0 Å². The van der Waals surface area contributed by atoms with E-state index in [-0.39, 0.29) is 12.2 Å². The predicted molar refractivity (Wildman–Crippen MR) is 103 cm³/mol. The molecule has 0 atom stereocenters. The minimum atomic E-state index is -0.0492. The normalized spacial score (nSPS) is 12.1. The summed E-state index contributed by atoms with van der Waals surface area (Å²) in [4.78, 5) is 13.1. The van der Waals surface area contributed by atoms with Crippen molar-refractivity contribution < 1.29 is 13.9 Å². The first-order valence-corrected chi connectivity index (χ1v) is 8.64. The highest BCUT2D eigenvalue weighted by Gasteiger charge is 2.17. The predicted octanol–water partition coefficient (Wildman–Crippen LogP) is 5.37. The van der Waals surface area contributed by atoms with Gasteiger partial charge in [0.2, 0.25) is 12.2 Å². The van der Waals surface area contributed by atoms with Gasteiger partial charge in [-0.3, -0.25) is 4.79 Å². The number of ether oxygens (including phenoxy) is 2. The van der Waals surface area contributed by atoms with Gasteiger partial charge in [-0.05, 0) is 34.5 Å². The summed E-state index contributed by atoms with van der Waals surface area (Å²) in [6.07, 6.45) is 1.51. The Morgan fingerprint density at radius 3 is 2.58 bits per heavy atom. The molecule has 4 aromatic rings. The van der Waals surface area contributed by atoms with Crippen LogP contribution in [0, 0.1) is 0 Å². The molecule has 0 bridgehead atoms. The van der Waals surface area contributed by atoms with Crippen LogP contribution >= 0.6 is 0 Å². The van der Waals surface area contributed by atoms with Crippen LogP contribution in [-0.4, -0.2) is 6.79 Å². The average molecular weight is 346 g/mol. The van der Waals surface area contributed by atoms with Crippen LogP contribution in [0.5, 0.6) is 11.5 Å². The lowest BCUT2D eigenvalue weighted by atomic mass is 10.0. The van der Waals surface area contributed by atoms with Gasteiger partial charge in [0.05, 0.1) is 10.9 Å². The Balaban J connectivity index is 0.000000814. The van der Waals surface area contributed by atoms with Crippen molar-refractivity contribution in [2.45, 2.75) is 13.8 Å². The van der Waals surface area contributed by atoms with Crippen LogP contribution in [0.25, 0.3) is 32.9 Å². The summed E-state index contributed by atoms with van der Waals surface area (Å²) in [6.45, 7) is 4.20. The Bertz CT molecular complexity index is 1160. The fourth-order valence-electron chi connectivity index (χ4n) is 3.16. The van der Waals surface area contributed by atoms with Gasteiger partial charge in [-0.1, -0.05) is 50.2 Å². The van der Waals surface area contributed by atoms with Gasteiger partial charge in [-0.15, -0.1) is 0 Å². The van der Waals surface area contributed by atoms with Crippen molar-refractivity contribution in [3.8, 4) is 22.6 Å². The first-order valence-electron chi connectivity index (χ1n) is 8.64. The van der Waals surface area contributed by atoms with Crippen molar-refractivity contribution in [2.75, 3.05) is 6.79 Å². The van der Waals surface area contributed by atoms with Gasteiger partial charge in [0.15, 0.2) is 11.5 Å². The molecule has 0 unspecified atom stereocenters. The molecule has 0 saturated heterocycles. The Hall–Kier alpha value is -3.27. The Morgan fingerprint density at radius 1 is 0.885 bits per heavy atom. The lowest BCUT2D eigenvalue weighted by molar-refractivity contribution is 0.174. The quantitative estimate of drug-likeness (QED) is 0.435. The van der Waals surface area contributed by atoms with Gasteiger partial charge >= 0.3 is 0 Å². The maximum atomic E-state index is 13.1. The van der Waals surface area contributed by atoms with Crippen LogP contribution in [0.3, 0.4) is 0 Å². The van der Waals surface area contributed by atoms with E-state index in [4.69, 9.17) is 13.9 Å². The highest BCUT2D eigenvalue weighted by Crippen LogP contribution is 2.35. The minimum absolute atomic E-state index is 0.0492. The van der Waals surface area contributed by atoms with Gasteiger partial charge in [-0.25, -0.2) is 0 Å². The van der Waals surface area contributed by atoms with E-state index in [2.05, 4.69) is 0 Å². The van der Waals surface area contributed by atoms with E-state index in [1.807, 2.05) is 68.4 Å². The molecule has 1 aliphatic heterocycles. The molecule has 3 aromatic carbocycles. The molecule has 130 valence electrons. The monoisotopic (exact) mass is 346 g/mol. The average Bonchev–Trinajstić information content (AvgIpc) is 3.17. The zero-order chi connectivity index (χ0) is 18.1. The van der Waals surface area contributed by atoms with Crippen molar-refractivity contribution in [3.63, 3.8) is 0 Å². The third kappa shape index (κ3) is 2.51. The molecule has 1 aromatic heterocycles. The maximum Gasteiger partial charge on any atom is 0.231 e. The summed E-state index contributed by atoms with van der Waals surface area (Å²) >= 11 is 0. The Morgan fingerprint density at radius 2 is 1.69 bits per heavy atom. The minimum Gasteiger partial charge on any atom is -0.463 e. The van der Waals surface area contributed by atoms with E-state index in [1.165, 1.54) is 6.26 Å². The summed E-state index contributed by atoms with van der Waals surface area (Å²) < 4.78 is 16.5. The van der Waals surface area contributed by atoms with E-state index in [0.717, 1.165) is 16.3 Å². The van der Waals surface area contributed by atoms with E-state index in [1.54, 1.807) is 0 Å². The van der Waals surface area contributed by atoms with Gasteiger partial charge in [0.1, 0.15) is 11.8 Å². The molecular weight excluding hydrogens is 328 g/mol. The third-order valence-corrected chi connectivity index (χ3v) is 4.35. The standard InChI is InChI=1S/C20H12O4.C2H6/c21-20-15(13-6-7-16-18(9-13)24-11-23-16)10-22-17-8-5-12-3-1-2-4-14(12)19(17)20;1-2/h1-10H,11H2;1-2H3. The largest absolute Gasteiger partial charge is 0.463 e. The molecular formula is C22H18O4. The number of fused-ring (bicyclic) bond motifs is 4. The third-order valence-electron chi connectivity index (χ3n) is 4.35. The van der Waals surface area contributed by atoms with Crippen molar-refractivity contribution >= 4 is 21.7 Å². The second-order valence-corrected chi connectivity index (χ2v) is 5.71. The van der Waals surface area contributed by atoms with Crippen LogP contribution < -0.4 is 14.9 Å². The number of hydrogen-bond acceptors (Lipinski definition) is 4. The number of benzene rings is 3. The van der Waals surface area contributed by atoms with Crippen molar-refractivity contribution in [3.05, 3.63) is 71.1 Å². The second-order valence-electron chi connectivity index (χ2n) is 5.71. The zero-order valence-corrected chi connectivity index (χ0v) is 14.6. The van der Waals surface area contributed by atoms with E-state index in [9.17, 15) is 4.79 Å². The number of hydrogen-bond donors (Lipinski definition) is 0. The van der Waals surface area contributed by atoms with Crippen LogP contribution in [0.1, 0.15) is 13.8 Å². The van der Waals surface area contributed by atoms with E-state index < -0.39 is 0 Å². The maximum absolute atomic E-state index is 13.1. The fourth-order valence-corrected chi connectivity index (χ4v) is 3.16. The fraction of sp³-hybridized carbons (Fsp3) is 0.136. The Kier molecular flexibility index (Phi) is 4.09. The molecule has 5 rings (SSSR count). The van der Waals surface area contributed by atoms with Gasteiger partial charge in [0, 0.05) is 0 Å². The molecule has 1 aliphatic rings. The molecule has 4 nitrogen and oxygen atoms in total. The second kappa shape index (κ2) is 6.56. The zero-order valence-electron chi connectivity index (χ0n) is 14.6. The first-order chi connectivity index (χ1) is 12.8. The molecule has 0 fully saturated rings. The topological polar surface area (TPSA) is 48.7 Å². The van der Waals surface area contributed by atoms with Crippen molar-refractivity contribution in [2.24, 2.45) is 0 Å². The summed E-state index contributed by atoms with van der Waals surface area (Å²) in [5.74, 6) is 1.33. The van der Waals surface area contributed by atoms with Crippen LogP contribution in [0.15, 0.2) is 70.1 Å².